The molecule has 1 saturated heterocycles. The number of nitrogens with one attached hydrogen (secondary N) is 1. The van der Waals surface area contributed by atoms with Crippen molar-refractivity contribution in [1.29, 1.82) is 0 Å². The minimum Gasteiger partial charge on any atom is -0.478 e. The molecule has 108 valence electrons. The fourth-order valence-corrected chi connectivity index (χ4v) is 2.24. The summed E-state index contributed by atoms with van der Waals surface area (Å²) in [6.07, 6.45) is 0.928. The minimum atomic E-state index is -0.978. The van der Waals surface area contributed by atoms with E-state index in [1.807, 2.05) is 0 Å². The van der Waals surface area contributed by atoms with Crippen molar-refractivity contribution >= 4 is 17.7 Å². The van der Waals surface area contributed by atoms with E-state index < -0.39 is 5.97 Å². The van der Waals surface area contributed by atoms with E-state index in [9.17, 15) is 9.59 Å². The van der Waals surface area contributed by atoms with Gasteiger partial charge in [-0.05, 0) is 37.1 Å². The van der Waals surface area contributed by atoms with Crippen LogP contribution in [0.1, 0.15) is 22.3 Å². The van der Waals surface area contributed by atoms with E-state index in [1.54, 1.807) is 31.1 Å². The number of carboxylic acids is 1. The monoisotopic (exact) mass is 278 g/mol. The van der Waals surface area contributed by atoms with Gasteiger partial charge in [0.1, 0.15) is 0 Å². The Morgan fingerprint density at radius 3 is 2.75 bits per heavy atom. The molecule has 1 atom stereocenters. The van der Waals surface area contributed by atoms with Crippen molar-refractivity contribution in [3.05, 3.63) is 29.3 Å². The number of rotatable bonds is 3. The highest BCUT2D eigenvalue weighted by atomic mass is 16.5. The highest BCUT2D eigenvalue weighted by Crippen LogP contribution is 2.19. The highest BCUT2D eigenvalue weighted by molar-refractivity contribution is 5.92. The number of hydrogen-bond acceptors (Lipinski definition) is 3. The molecule has 6 heteroatoms. The number of aryl methyl sites for hydroxylation is 1. The van der Waals surface area contributed by atoms with E-state index in [4.69, 9.17) is 9.84 Å². The van der Waals surface area contributed by atoms with Gasteiger partial charge in [0.15, 0.2) is 0 Å². The summed E-state index contributed by atoms with van der Waals surface area (Å²) in [5, 5.41) is 11.7. The average Bonchev–Trinajstić information content (AvgIpc) is 2.89. The third kappa shape index (κ3) is 3.08. The first kappa shape index (κ1) is 14.3. The Hall–Kier alpha value is -2.08. The maximum atomic E-state index is 12.1. The van der Waals surface area contributed by atoms with Crippen LogP contribution in [-0.4, -0.2) is 48.3 Å². The molecule has 2 N–H and O–H groups in total. The van der Waals surface area contributed by atoms with Crippen molar-refractivity contribution in [2.45, 2.75) is 19.4 Å². The topological polar surface area (TPSA) is 78.9 Å². The van der Waals surface area contributed by atoms with Crippen molar-refractivity contribution in [3.63, 3.8) is 0 Å². The Bertz CT molecular complexity index is 530. The fourth-order valence-electron chi connectivity index (χ4n) is 2.24. The molecule has 1 aromatic carbocycles. The van der Waals surface area contributed by atoms with Crippen LogP contribution in [0.2, 0.25) is 0 Å². The van der Waals surface area contributed by atoms with Crippen LogP contribution < -0.4 is 5.32 Å². The maximum Gasteiger partial charge on any atom is 0.335 e. The van der Waals surface area contributed by atoms with Gasteiger partial charge in [-0.1, -0.05) is 0 Å². The van der Waals surface area contributed by atoms with Crippen molar-refractivity contribution in [1.82, 2.24) is 4.90 Å². The highest BCUT2D eigenvalue weighted by Gasteiger charge is 2.26. The van der Waals surface area contributed by atoms with Gasteiger partial charge < -0.3 is 20.1 Å². The molecule has 1 aliphatic heterocycles. The number of carbonyl (C=O) groups is 2. The number of likely N-dealkylation sites (tertiary alicyclic amines) is 1. The van der Waals surface area contributed by atoms with E-state index in [0.717, 1.165) is 12.0 Å². The van der Waals surface area contributed by atoms with E-state index in [0.29, 0.717) is 18.8 Å². The summed E-state index contributed by atoms with van der Waals surface area (Å²) >= 11 is 0. The molecular weight excluding hydrogens is 260 g/mol. The third-order valence-corrected chi connectivity index (χ3v) is 3.48. The number of amides is 2. The number of benzene rings is 1. The summed E-state index contributed by atoms with van der Waals surface area (Å²) < 4.78 is 5.22. The van der Waals surface area contributed by atoms with Gasteiger partial charge in [0.25, 0.3) is 0 Å². The quantitative estimate of drug-likeness (QED) is 0.885. The molecule has 1 aromatic rings. The van der Waals surface area contributed by atoms with Crippen LogP contribution in [0.15, 0.2) is 18.2 Å². The Balaban J connectivity index is 2.03. The largest absolute Gasteiger partial charge is 0.478 e. The van der Waals surface area contributed by atoms with Gasteiger partial charge in [0.05, 0.1) is 11.7 Å². The number of nitrogens with zero attached hydrogens (tertiary/aromatic N) is 1. The molecule has 0 radical (unpaired) electrons. The molecule has 0 aliphatic carbocycles. The molecule has 0 aromatic heterocycles. The summed E-state index contributed by atoms with van der Waals surface area (Å²) in [5.74, 6) is -0.978. The second-order valence-corrected chi connectivity index (χ2v) is 4.86. The zero-order chi connectivity index (χ0) is 14.7. The van der Waals surface area contributed by atoms with Crippen molar-refractivity contribution in [3.8, 4) is 0 Å². The number of hydrogen-bond donors (Lipinski definition) is 2. The molecule has 0 bridgehead atoms. The Morgan fingerprint density at radius 1 is 1.45 bits per heavy atom. The van der Waals surface area contributed by atoms with Gasteiger partial charge in [-0.25, -0.2) is 9.59 Å². The summed E-state index contributed by atoms with van der Waals surface area (Å²) in [5.41, 5.74) is 1.56. The Labute approximate surface area is 117 Å². The molecule has 1 aliphatic rings. The predicted molar refractivity (Wildman–Crippen MR) is 74.1 cm³/mol. The second kappa shape index (κ2) is 5.92. The first-order valence-corrected chi connectivity index (χ1v) is 6.44. The molecule has 2 rings (SSSR count). The number of anilines is 1. The minimum absolute atomic E-state index is 0.0937. The lowest BCUT2D eigenvalue weighted by atomic mass is 10.1. The number of aromatic carboxylic acids is 1. The van der Waals surface area contributed by atoms with Crippen LogP contribution in [0.4, 0.5) is 10.5 Å². The molecule has 1 heterocycles. The molecule has 6 nitrogen and oxygen atoms in total. The van der Waals surface area contributed by atoms with E-state index in [1.165, 1.54) is 6.07 Å². The standard InChI is InChI=1S/C14H18N2O4/c1-9-7-10(13(17)18)3-4-12(9)15-14(19)16-6-5-11(8-16)20-2/h3-4,7,11H,5-6,8H2,1-2H3,(H,15,19)(H,17,18). The number of carboxylic acid groups (broad SMARTS) is 1. The molecule has 1 fully saturated rings. The van der Waals surface area contributed by atoms with Gasteiger partial charge in [-0.3, -0.25) is 0 Å². The Kier molecular flexibility index (Phi) is 4.24. The zero-order valence-corrected chi connectivity index (χ0v) is 11.5. The first-order valence-electron chi connectivity index (χ1n) is 6.44. The van der Waals surface area contributed by atoms with Crippen molar-refractivity contribution in [2.24, 2.45) is 0 Å². The zero-order valence-electron chi connectivity index (χ0n) is 11.5. The van der Waals surface area contributed by atoms with Crippen molar-refractivity contribution < 1.29 is 19.4 Å². The maximum absolute atomic E-state index is 12.1. The van der Waals surface area contributed by atoms with Gasteiger partial charge in [-0.2, -0.15) is 0 Å². The molecule has 0 spiro atoms. The summed E-state index contributed by atoms with van der Waals surface area (Å²) in [6, 6.07) is 4.45. The lowest BCUT2D eigenvalue weighted by Gasteiger charge is -2.18. The number of carbonyl (C=O) groups excluding carboxylic acids is 1. The van der Waals surface area contributed by atoms with Gasteiger partial charge in [0.2, 0.25) is 0 Å². The Morgan fingerprint density at radius 2 is 2.20 bits per heavy atom. The molecule has 2 amide bonds. The van der Waals surface area contributed by atoms with Gasteiger partial charge in [-0.15, -0.1) is 0 Å². The van der Waals surface area contributed by atoms with E-state index >= 15 is 0 Å². The van der Waals surface area contributed by atoms with E-state index in [-0.39, 0.29) is 17.7 Å². The smallest absolute Gasteiger partial charge is 0.335 e. The fraction of sp³-hybridized carbons (Fsp3) is 0.429. The van der Waals surface area contributed by atoms with Gasteiger partial charge in [0, 0.05) is 25.9 Å². The summed E-state index contributed by atoms with van der Waals surface area (Å²) in [6.45, 7) is 3.01. The number of methoxy groups -OCH3 is 1. The average molecular weight is 278 g/mol. The predicted octanol–water partition coefficient (Wildman–Crippen LogP) is 1.95. The van der Waals surface area contributed by atoms with Crippen LogP contribution in [-0.2, 0) is 4.74 Å². The molecule has 20 heavy (non-hydrogen) atoms. The van der Waals surface area contributed by atoms with Crippen molar-refractivity contribution in [2.75, 3.05) is 25.5 Å². The normalized spacial score (nSPS) is 18.1. The number of ether oxygens (including phenoxy) is 1. The van der Waals surface area contributed by atoms with Crippen LogP contribution >= 0.6 is 0 Å². The second-order valence-electron chi connectivity index (χ2n) is 4.86. The van der Waals surface area contributed by atoms with Crippen LogP contribution in [0.25, 0.3) is 0 Å². The molecule has 0 saturated carbocycles. The van der Waals surface area contributed by atoms with Crippen LogP contribution in [0, 0.1) is 6.92 Å². The van der Waals surface area contributed by atoms with E-state index in [2.05, 4.69) is 5.32 Å². The van der Waals surface area contributed by atoms with Crippen LogP contribution in [0.3, 0.4) is 0 Å². The lowest BCUT2D eigenvalue weighted by molar-refractivity contribution is 0.0697. The van der Waals surface area contributed by atoms with Crippen LogP contribution in [0.5, 0.6) is 0 Å². The SMILES string of the molecule is COC1CCN(C(=O)Nc2ccc(C(=O)O)cc2C)C1. The van der Waals surface area contributed by atoms with Gasteiger partial charge >= 0.3 is 12.0 Å². The third-order valence-electron chi connectivity index (χ3n) is 3.48. The number of urea groups is 1. The summed E-state index contributed by atoms with van der Waals surface area (Å²) in [7, 11) is 1.64. The molecular formula is C14H18N2O4. The summed E-state index contributed by atoms with van der Waals surface area (Å²) in [4.78, 5) is 24.6. The molecule has 1 unspecified atom stereocenters. The first-order chi connectivity index (χ1) is 9.51. The lowest BCUT2D eigenvalue weighted by Crippen LogP contribution is -2.34.